The standard InChI is InChI=1S/2C8H16/c2*1-4-6-7-8(3)5-2/h2*5H,4,6-7H2,1-3H3/b8-5+;8-5-. The summed E-state index contributed by atoms with van der Waals surface area (Å²) in [6, 6.07) is 0. The van der Waals surface area contributed by atoms with E-state index in [1.807, 2.05) is 0 Å². The Morgan fingerprint density at radius 1 is 0.750 bits per heavy atom. The molecule has 0 atom stereocenters. The zero-order valence-corrected chi connectivity index (χ0v) is 12.4. The molecule has 0 unspecified atom stereocenters. The van der Waals surface area contributed by atoms with Crippen LogP contribution in [-0.2, 0) is 0 Å². The molecule has 0 aliphatic rings. The van der Waals surface area contributed by atoms with Crippen LogP contribution in [0.5, 0.6) is 0 Å². The molecule has 0 aromatic carbocycles. The van der Waals surface area contributed by atoms with Gasteiger partial charge in [0.2, 0.25) is 0 Å². The van der Waals surface area contributed by atoms with Crippen molar-refractivity contribution in [1.82, 2.24) is 0 Å². The fraction of sp³-hybridized carbons (Fsp3) is 0.750. The van der Waals surface area contributed by atoms with E-state index in [2.05, 4.69) is 53.7 Å². The predicted octanol–water partition coefficient (Wildman–Crippen LogP) is 6.29. The van der Waals surface area contributed by atoms with Crippen molar-refractivity contribution in [2.45, 2.75) is 80.1 Å². The largest absolute Gasteiger partial charge is 0.0887 e. The SMILES string of the molecule is C/C=C(/C)CCCC.C/C=C(\C)CCCC. The van der Waals surface area contributed by atoms with Gasteiger partial charge in [-0.25, -0.2) is 0 Å². The first-order valence-electron chi connectivity index (χ1n) is 6.85. The maximum atomic E-state index is 2.23. The third-order valence-electron chi connectivity index (χ3n) is 2.83. The van der Waals surface area contributed by atoms with E-state index in [0.717, 1.165) is 0 Å². The average molecular weight is 224 g/mol. The van der Waals surface area contributed by atoms with Crippen LogP contribution in [0, 0.1) is 0 Å². The molecule has 0 spiro atoms. The van der Waals surface area contributed by atoms with E-state index < -0.39 is 0 Å². The second-order valence-electron chi connectivity index (χ2n) is 4.48. The minimum Gasteiger partial charge on any atom is -0.0887 e. The molecule has 0 N–H and O–H groups in total. The molecule has 0 radical (unpaired) electrons. The smallest absolute Gasteiger partial charge is 0.0323 e. The Bertz CT molecular complexity index is 162. The summed E-state index contributed by atoms with van der Waals surface area (Å²) in [6.07, 6.45) is 12.3. The first-order valence-corrected chi connectivity index (χ1v) is 6.85. The van der Waals surface area contributed by atoms with Gasteiger partial charge < -0.3 is 0 Å². The van der Waals surface area contributed by atoms with Gasteiger partial charge in [-0.1, -0.05) is 50.0 Å². The summed E-state index contributed by atoms with van der Waals surface area (Å²) < 4.78 is 0. The fourth-order valence-corrected chi connectivity index (χ4v) is 1.20. The van der Waals surface area contributed by atoms with Gasteiger partial charge in [0, 0.05) is 0 Å². The molecule has 0 saturated carbocycles. The van der Waals surface area contributed by atoms with Crippen molar-refractivity contribution >= 4 is 0 Å². The third-order valence-corrected chi connectivity index (χ3v) is 2.83. The van der Waals surface area contributed by atoms with E-state index in [1.165, 1.54) is 49.7 Å². The maximum Gasteiger partial charge on any atom is -0.0323 e. The Morgan fingerprint density at radius 3 is 1.25 bits per heavy atom. The van der Waals surface area contributed by atoms with Gasteiger partial charge in [-0.15, -0.1) is 0 Å². The number of allylic oxidation sites excluding steroid dienone is 4. The van der Waals surface area contributed by atoms with Crippen molar-refractivity contribution in [2.75, 3.05) is 0 Å². The van der Waals surface area contributed by atoms with Gasteiger partial charge in [0.25, 0.3) is 0 Å². The summed E-state index contributed by atoms with van der Waals surface area (Å²) in [6.45, 7) is 13.0. The molecule has 0 bridgehead atoms. The number of rotatable bonds is 6. The first kappa shape index (κ1) is 17.9. The van der Waals surface area contributed by atoms with Gasteiger partial charge in [-0.05, 0) is 53.4 Å². The highest BCUT2D eigenvalue weighted by Gasteiger charge is 1.84. The lowest BCUT2D eigenvalue weighted by atomic mass is 10.1. The minimum atomic E-state index is 1.28. The zero-order valence-electron chi connectivity index (χ0n) is 12.4. The molecule has 0 saturated heterocycles. The molecule has 0 amide bonds. The Kier molecular flexibility index (Phi) is 16.2. The van der Waals surface area contributed by atoms with Crippen LogP contribution in [0.25, 0.3) is 0 Å². The van der Waals surface area contributed by atoms with Gasteiger partial charge in [0.05, 0.1) is 0 Å². The minimum absolute atomic E-state index is 1.28. The summed E-state index contributed by atoms with van der Waals surface area (Å²) >= 11 is 0. The summed E-state index contributed by atoms with van der Waals surface area (Å²) in [7, 11) is 0. The highest BCUT2D eigenvalue weighted by atomic mass is 13.9. The summed E-state index contributed by atoms with van der Waals surface area (Å²) in [5.74, 6) is 0. The van der Waals surface area contributed by atoms with E-state index in [4.69, 9.17) is 0 Å². The molecule has 0 heteroatoms. The molecule has 0 aromatic heterocycles. The van der Waals surface area contributed by atoms with Gasteiger partial charge in [0.15, 0.2) is 0 Å². The lowest BCUT2D eigenvalue weighted by Crippen LogP contribution is -1.74. The van der Waals surface area contributed by atoms with E-state index in [9.17, 15) is 0 Å². The zero-order chi connectivity index (χ0) is 12.8. The number of unbranched alkanes of at least 4 members (excludes halogenated alkanes) is 2. The lowest BCUT2D eigenvalue weighted by Gasteiger charge is -1.94. The Labute approximate surface area is 104 Å². The molecule has 0 nitrogen and oxygen atoms in total. The van der Waals surface area contributed by atoms with Gasteiger partial charge in [-0.2, -0.15) is 0 Å². The number of hydrogen-bond acceptors (Lipinski definition) is 0. The van der Waals surface area contributed by atoms with Crippen LogP contribution in [0.3, 0.4) is 0 Å². The second-order valence-corrected chi connectivity index (χ2v) is 4.48. The van der Waals surface area contributed by atoms with Crippen molar-refractivity contribution in [3.8, 4) is 0 Å². The van der Waals surface area contributed by atoms with Crippen LogP contribution in [0.15, 0.2) is 23.3 Å². The van der Waals surface area contributed by atoms with Crippen molar-refractivity contribution in [3.63, 3.8) is 0 Å². The van der Waals surface area contributed by atoms with Gasteiger partial charge in [0.1, 0.15) is 0 Å². The summed E-state index contributed by atoms with van der Waals surface area (Å²) in [5.41, 5.74) is 3.04. The van der Waals surface area contributed by atoms with Gasteiger partial charge in [-0.3, -0.25) is 0 Å². The van der Waals surface area contributed by atoms with Crippen LogP contribution in [0.1, 0.15) is 80.1 Å². The van der Waals surface area contributed by atoms with Crippen molar-refractivity contribution < 1.29 is 0 Å². The van der Waals surface area contributed by atoms with E-state index in [1.54, 1.807) is 0 Å². The quantitative estimate of drug-likeness (QED) is 0.465. The average Bonchev–Trinajstić information content (AvgIpc) is 2.33. The van der Waals surface area contributed by atoms with Crippen LogP contribution >= 0.6 is 0 Å². The van der Waals surface area contributed by atoms with Crippen LogP contribution < -0.4 is 0 Å². The van der Waals surface area contributed by atoms with Crippen molar-refractivity contribution in [1.29, 1.82) is 0 Å². The number of hydrogen-bond donors (Lipinski definition) is 0. The van der Waals surface area contributed by atoms with E-state index >= 15 is 0 Å². The Morgan fingerprint density at radius 2 is 1.06 bits per heavy atom. The van der Waals surface area contributed by atoms with Crippen LogP contribution in [0.4, 0.5) is 0 Å². The molecule has 0 aromatic rings. The molecule has 0 rings (SSSR count). The highest BCUT2D eigenvalue weighted by Crippen LogP contribution is 2.04. The monoisotopic (exact) mass is 224 g/mol. The Hall–Kier alpha value is -0.520. The third kappa shape index (κ3) is 15.9. The highest BCUT2D eigenvalue weighted by molar-refractivity contribution is 4.95. The second kappa shape index (κ2) is 14.5. The molecule has 16 heavy (non-hydrogen) atoms. The molecular weight excluding hydrogens is 192 g/mol. The molecule has 0 aliphatic carbocycles. The van der Waals surface area contributed by atoms with E-state index in [-0.39, 0.29) is 0 Å². The van der Waals surface area contributed by atoms with Crippen molar-refractivity contribution in [2.24, 2.45) is 0 Å². The lowest BCUT2D eigenvalue weighted by molar-refractivity contribution is 0.786. The molecule has 96 valence electrons. The first-order chi connectivity index (χ1) is 7.62. The van der Waals surface area contributed by atoms with Crippen molar-refractivity contribution in [3.05, 3.63) is 23.3 Å². The Balaban J connectivity index is 0. The molecule has 0 aliphatic heterocycles. The predicted molar refractivity (Wildman–Crippen MR) is 77.9 cm³/mol. The summed E-state index contributed by atoms with van der Waals surface area (Å²) in [4.78, 5) is 0. The topological polar surface area (TPSA) is 0 Å². The molecular formula is C16H32. The van der Waals surface area contributed by atoms with E-state index in [0.29, 0.717) is 0 Å². The van der Waals surface area contributed by atoms with Crippen LogP contribution in [0.2, 0.25) is 0 Å². The molecule has 0 heterocycles. The van der Waals surface area contributed by atoms with Crippen LogP contribution in [-0.4, -0.2) is 0 Å². The maximum absolute atomic E-state index is 2.23. The summed E-state index contributed by atoms with van der Waals surface area (Å²) in [5, 5.41) is 0. The fourth-order valence-electron chi connectivity index (χ4n) is 1.20. The van der Waals surface area contributed by atoms with Gasteiger partial charge >= 0.3 is 0 Å². The molecule has 0 fully saturated rings. The normalized spacial score (nSPS) is 12.1.